The average Bonchev–Trinajstić information content (AvgIpc) is 0. The van der Waals surface area contributed by atoms with Gasteiger partial charge in [0, 0.05) is 86.0 Å². The summed E-state index contributed by atoms with van der Waals surface area (Å²) in [7, 11) is 0. The normalized spacial score (nSPS) is 0. The largest absolute Gasteiger partial charge is 0 e. The molecule has 4 heavy (non-hydrogen) atoms. The first kappa shape index (κ1) is 33.3. The van der Waals surface area contributed by atoms with Gasteiger partial charge in [-0.3, -0.25) is 0 Å². The molecule has 1 nitrogen and oxygen atoms in total. The van der Waals surface area contributed by atoms with Crippen LogP contribution >= 0.6 is 0 Å². The number of hydrogen-bond acceptors (Lipinski definition) is 0. The molecule has 0 aliphatic rings. The van der Waals surface area contributed by atoms with Crippen molar-refractivity contribution in [2.24, 2.45) is 0 Å². The maximum absolute atomic E-state index is 0. The molecule has 0 aromatic carbocycles. The van der Waals surface area contributed by atoms with Crippen LogP contribution in [0.1, 0.15) is 0 Å². The molecular weight excluding hydrogens is 115 g/mol. The van der Waals surface area contributed by atoms with Gasteiger partial charge in [0.15, 0.2) is 0 Å². The minimum atomic E-state index is 0. The summed E-state index contributed by atoms with van der Waals surface area (Å²) < 4.78 is 0. The Labute approximate surface area is 84.1 Å². The van der Waals surface area contributed by atoms with E-state index in [4.69, 9.17) is 0 Å². The Morgan fingerprint density at radius 3 is 1.00 bits per heavy atom. The van der Waals surface area contributed by atoms with Gasteiger partial charge in [-0.2, -0.15) is 0 Å². The van der Waals surface area contributed by atoms with Gasteiger partial charge in [-0.15, -0.1) is 0 Å². The standard InChI is InChI=1S/C.K.O.Ti. The number of rotatable bonds is 0. The third-order valence-corrected chi connectivity index (χ3v) is 0. The summed E-state index contributed by atoms with van der Waals surface area (Å²) in [5.74, 6) is 0. The monoisotopic (exact) mass is 115 g/mol. The second kappa shape index (κ2) is 18.5. The Bertz CT molecular complexity index is 8.00. The zero-order valence-electron chi connectivity index (χ0n) is 2.41. The van der Waals surface area contributed by atoms with Crippen LogP contribution in [0.3, 0.4) is 0 Å². The van der Waals surface area contributed by atoms with Gasteiger partial charge in [0.1, 0.15) is 0 Å². The van der Waals surface area contributed by atoms with Crippen molar-refractivity contribution in [3.05, 3.63) is 7.43 Å². The molecule has 0 fully saturated rings. The Morgan fingerprint density at radius 2 is 1.00 bits per heavy atom. The summed E-state index contributed by atoms with van der Waals surface area (Å²) in [4.78, 5) is 0. The van der Waals surface area contributed by atoms with Crippen LogP contribution < -0.4 is 0 Å². The second-order valence-electron chi connectivity index (χ2n) is 0. The smallest absolute Gasteiger partial charge is 0 e. The van der Waals surface area contributed by atoms with Crippen molar-refractivity contribution in [3.8, 4) is 0 Å². The Kier molecular flexibility index (Phi) is 154. The van der Waals surface area contributed by atoms with Gasteiger partial charge in [0.25, 0.3) is 0 Å². The first-order chi connectivity index (χ1) is 0. The van der Waals surface area contributed by atoms with Gasteiger partial charge in [0.2, 0.25) is 0 Å². The van der Waals surface area contributed by atoms with E-state index in [1.54, 1.807) is 0 Å². The van der Waals surface area contributed by atoms with Gasteiger partial charge < -0.3 is 0 Å². The molecule has 0 aromatic rings. The summed E-state index contributed by atoms with van der Waals surface area (Å²) in [6, 6.07) is 0. The van der Waals surface area contributed by atoms with Crippen LogP contribution in [0, 0.1) is 7.43 Å². The maximum Gasteiger partial charge on any atom is 0 e. The predicted molar refractivity (Wildman–Crippen MR) is 9.68 cm³/mol. The van der Waals surface area contributed by atoms with Crippen LogP contribution in [-0.2, 0) is 27.2 Å². The molecule has 3 heteroatoms. The van der Waals surface area contributed by atoms with Gasteiger partial charge >= 0.3 is 0 Å². The molecule has 0 saturated heterocycles. The molecule has 7 radical (unpaired) electrons. The summed E-state index contributed by atoms with van der Waals surface area (Å²) in [5.41, 5.74) is 0. The van der Waals surface area contributed by atoms with Crippen molar-refractivity contribution in [2.45, 2.75) is 0 Å². The third-order valence-electron chi connectivity index (χ3n) is 0. The quantitative estimate of drug-likeness (QED) is 0.383. The first-order valence-electron chi connectivity index (χ1n) is 0. The molecule has 0 saturated carbocycles. The molecule has 0 spiro atoms. The molecule has 0 bridgehead atoms. The van der Waals surface area contributed by atoms with Gasteiger partial charge in [0.05, 0.1) is 0 Å². The van der Waals surface area contributed by atoms with Crippen LogP contribution in [0.25, 0.3) is 0 Å². The molecule has 0 rings (SSSR count). The average molecular weight is 115 g/mol. The Morgan fingerprint density at radius 1 is 1.00 bits per heavy atom. The van der Waals surface area contributed by atoms with Crippen molar-refractivity contribution < 1.29 is 27.2 Å². The van der Waals surface area contributed by atoms with Crippen molar-refractivity contribution in [1.82, 2.24) is 0 Å². The summed E-state index contributed by atoms with van der Waals surface area (Å²) in [6.45, 7) is 0. The molecular formula is CKOTi. The van der Waals surface area contributed by atoms with Crippen LogP contribution in [0.2, 0.25) is 0 Å². The fourth-order valence-corrected chi connectivity index (χ4v) is 0. The van der Waals surface area contributed by atoms with E-state index in [0.717, 1.165) is 0 Å². The fraction of sp³-hybridized carbons (Fsp3) is 0. The van der Waals surface area contributed by atoms with Crippen LogP contribution in [0.15, 0.2) is 0 Å². The third kappa shape index (κ3) is 8.85. The maximum atomic E-state index is 0. The summed E-state index contributed by atoms with van der Waals surface area (Å²) >= 11 is 0. The van der Waals surface area contributed by atoms with E-state index in [0.29, 0.717) is 0 Å². The molecule has 0 unspecified atom stereocenters. The van der Waals surface area contributed by atoms with E-state index in [1.165, 1.54) is 0 Å². The van der Waals surface area contributed by atoms with E-state index in [2.05, 4.69) is 0 Å². The van der Waals surface area contributed by atoms with Gasteiger partial charge in [-0.05, 0) is 0 Å². The fourth-order valence-electron chi connectivity index (χ4n) is 0. The van der Waals surface area contributed by atoms with E-state index in [1.807, 2.05) is 0 Å². The summed E-state index contributed by atoms with van der Waals surface area (Å²) in [5, 5.41) is 0. The molecule has 0 aliphatic heterocycles. The van der Waals surface area contributed by atoms with Crippen molar-refractivity contribution >= 4 is 51.4 Å². The van der Waals surface area contributed by atoms with Crippen molar-refractivity contribution in [3.63, 3.8) is 0 Å². The van der Waals surface area contributed by atoms with Crippen LogP contribution in [0.4, 0.5) is 0 Å². The van der Waals surface area contributed by atoms with Crippen LogP contribution in [-0.4, -0.2) is 51.4 Å². The van der Waals surface area contributed by atoms with E-state index >= 15 is 0 Å². The van der Waals surface area contributed by atoms with E-state index in [9.17, 15) is 0 Å². The Balaban J connectivity index is 0. The minimum Gasteiger partial charge on any atom is 0 e. The van der Waals surface area contributed by atoms with Crippen LogP contribution in [0.5, 0.6) is 0 Å². The van der Waals surface area contributed by atoms with Crippen molar-refractivity contribution in [1.29, 1.82) is 0 Å². The Hall–Kier alpha value is 2.31. The molecule has 0 heterocycles. The minimum absolute atomic E-state index is 0. The molecule has 0 N–H and O–H groups in total. The molecule has 0 aromatic heterocycles. The van der Waals surface area contributed by atoms with E-state index in [-0.39, 0.29) is 86.0 Å². The molecule has 15 valence electrons. The van der Waals surface area contributed by atoms with E-state index < -0.39 is 0 Å². The first-order valence-corrected chi connectivity index (χ1v) is 0. The zero-order chi connectivity index (χ0) is 0. The van der Waals surface area contributed by atoms with Gasteiger partial charge in [-0.25, -0.2) is 0 Å². The second-order valence-corrected chi connectivity index (χ2v) is 0. The molecule has 0 amide bonds. The molecule has 0 aliphatic carbocycles. The predicted octanol–water partition coefficient (Wildman–Crippen LogP) is -0.421. The zero-order valence-corrected chi connectivity index (χ0v) is 7.09. The van der Waals surface area contributed by atoms with Crippen molar-refractivity contribution in [2.75, 3.05) is 0 Å². The topological polar surface area (TPSA) is 28.5 Å². The molecule has 0 atom stereocenters. The van der Waals surface area contributed by atoms with Gasteiger partial charge in [-0.1, -0.05) is 0 Å². The SMILES string of the molecule is [C].[K].[O].[Ti]. The number of hydrogen-bond donors (Lipinski definition) is 0. The summed E-state index contributed by atoms with van der Waals surface area (Å²) in [6.07, 6.45) is 0.